The summed E-state index contributed by atoms with van der Waals surface area (Å²) in [5.74, 6) is 0.322. The Balaban J connectivity index is 0.000000212. The molecule has 0 radical (unpaired) electrons. The molecule has 0 unspecified atom stereocenters. The molecule has 1 aliphatic rings. The molecule has 2 nitrogen and oxygen atoms in total. The molecule has 1 aromatic carbocycles. The van der Waals surface area contributed by atoms with Crippen LogP contribution in [0.1, 0.15) is 7.43 Å². The minimum Gasteiger partial charge on any atom is -0.508 e. The normalized spacial score (nSPS) is 12.0. The molecule has 0 atom stereocenters. The molecule has 0 amide bonds. The summed E-state index contributed by atoms with van der Waals surface area (Å²) < 4.78 is 4.50. The molecule has 1 aliphatic heterocycles. The Hall–Kier alpha value is -1.02. The summed E-state index contributed by atoms with van der Waals surface area (Å²) in [5.41, 5.74) is 0. The minimum absolute atomic E-state index is 0. The Kier molecular flexibility index (Phi) is 5.21. The predicted molar refractivity (Wildman–Crippen MR) is 45.7 cm³/mol. The van der Waals surface area contributed by atoms with E-state index < -0.39 is 0 Å². The predicted octanol–water partition coefficient (Wildman–Crippen LogP) is 2.04. The van der Waals surface area contributed by atoms with Crippen LogP contribution in [0.5, 0.6) is 5.75 Å². The summed E-state index contributed by atoms with van der Waals surface area (Å²) in [5, 5.41) is 8.63. The summed E-state index contributed by atoms with van der Waals surface area (Å²) in [6, 6.07) is 8.71. The zero-order valence-electron chi connectivity index (χ0n) is 5.66. The van der Waals surface area contributed by atoms with Gasteiger partial charge < -0.3 is 9.84 Å². The third-order valence-corrected chi connectivity index (χ3v) is 0.960. The molecule has 0 saturated carbocycles. The third kappa shape index (κ3) is 6.87. The van der Waals surface area contributed by atoms with E-state index in [-0.39, 0.29) is 7.43 Å². The molecule has 1 heterocycles. The fourth-order valence-electron chi connectivity index (χ4n) is 0.428. The summed E-state index contributed by atoms with van der Waals surface area (Å²) in [6.45, 7) is 2.00. The first-order valence-corrected chi connectivity index (χ1v) is 3.21. The van der Waals surface area contributed by atoms with Gasteiger partial charge in [0.2, 0.25) is 0 Å². The van der Waals surface area contributed by atoms with Gasteiger partial charge in [0.15, 0.2) is 0 Å². The highest BCUT2D eigenvalue weighted by molar-refractivity contribution is 5.18. The second-order valence-electron chi connectivity index (χ2n) is 1.95. The van der Waals surface area contributed by atoms with Gasteiger partial charge in [-0.1, -0.05) is 25.6 Å². The molecule has 2 heteroatoms. The highest BCUT2D eigenvalue weighted by atomic mass is 16.6. The maximum Gasteiger partial charge on any atom is 0.115 e. The van der Waals surface area contributed by atoms with Crippen LogP contribution in [0.25, 0.3) is 0 Å². The van der Waals surface area contributed by atoms with Crippen LogP contribution < -0.4 is 0 Å². The zero-order valence-corrected chi connectivity index (χ0v) is 5.66. The van der Waals surface area contributed by atoms with Crippen LogP contribution in [0.2, 0.25) is 0 Å². The number of benzene rings is 1. The second-order valence-corrected chi connectivity index (χ2v) is 1.95. The Bertz CT molecular complexity index is 167. The maximum atomic E-state index is 8.63. The van der Waals surface area contributed by atoms with Crippen molar-refractivity contribution >= 4 is 0 Å². The molecule has 0 aromatic heterocycles. The quantitative estimate of drug-likeness (QED) is 0.580. The highest BCUT2D eigenvalue weighted by Crippen LogP contribution is 2.02. The fourth-order valence-corrected chi connectivity index (χ4v) is 0.428. The molecule has 1 N–H and O–H groups in total. The topological polar surface area (TPSA) is 32.8 Å². The molecule has 62 valence electrons. The Morgan fingerprint density at radius 3 is 1.73 bits per heavy atom. The number of hydrogen-bond acceptors (Lipinski definition) is 2. The van der Waals surface area contributed by atoms with Gasteiger partial charge in [-0.05, 0) is 12.1 Å². The van der Waals surface area contributed by atoms with Crippen molar-refractivity contribution in [2.45, 2.75) is 7.43 Å². The Morgan fingerprint density at radius 2 is 1.55 bits per heavy atom. The van der Waals surface area contributed by atoms with Gasteiger partial charge in [0.05, 0.1) is 13.2 Å². The van der Waals surface area contributed by atoms with Crippen LogP contribution in [0.15, 0.2) is 30.3 Å². The van der Waals surface area contributed by atoms with E-state index in [1.54, 1.807) is 24.3 Å². The fraction of sp³-hybridized carbons (Fsp3) is 0.333. The van der Waals surface area contributed by atoms with Crippen molar-refractivity contribution in [2.75, 3.05) is 13.2 Å². The highest BCUT2D eigenvalue weighted by Gasteiger charge is 1.94. The van der Waals surface area contributed by atoms with Crippen molar-refractivity contribution in [3.8, 4) is 5.75 Å². The number of aromatic hydroxyl groups is 1. The number of ether oxygens (including phenoxy) is 1. The molecule has 11 heavy (non-hydrogen) atoms. The van der Waals surface area contributed by atoms with Crippen molar-refractivity contribution in [1.82, 2.24) is 0 Å². The van der Waals surface area contributed by atoms with Gasteiger partial charge in [-0.3, -0.25) is 0 Å². The maximum absolute atomic E-state index is 8.63. The second kappa shape index (κ2) is 5.74. The first-order valence-electron chi connectivity index (χ1n) is 3.21. The number of para-hydroxylation sites is 1. The first kappa shape index (κ1) is 9.98. The molecule has 1 aromatic rings. The van der Waals surface area contributed by atoms with E-state index in [1.165, 1.54) is 0 Å². The largest absolute Gasteiger partial charge is 0.508 e. The lowest BCUT2D eigenvalue weighted by atomic mass is 10.3. The van der Waals surface area contributed by atoms with Gasteiger partial charge in [0, 0.05) is 0 Å². The Morgan fingerprint density at radius 1 is 1.09 bits per heavy atom. The zero-order chi connectivity index (χ0) is 7.23. The van der Waals surface area contributed by atoms with Gasteiger partial charge in [0.25, 0.3) is 0 Å². The SMILES string of the molecule is C.C1CO1.Oc1ccccc1. The molecular formula is C9H14O2. The molecule has 1 saturated heterocycles. The summed E-state index contributed by atoms with van der Waals surface area (Å²) >= 11 is 0. The number of rotatable bonds is 0. The number of epoxide rings is 1. The van der Waals surface area contributed by atoms with Crippen LogP contribution in [0.4, 0.5) is 0 Å². The van der Waals surface area contributed by atoms with Crippen molar-refractivity contribution in [3.05, 3.63) is 30.3 Å². The third-order valence-electron chi connectivity index (χ3n) is 0.960. The van der Waals surface area contributed by atoms with Crippen LogP contribution in [-0.4, -0.2) is 18.3 Å². The Labute approximate surface area is 67.4 Å². The van der Waals surface area contributed by atoms with E-state index >= 15 is 0 Å². The minimum atomic E-state index is 0. The first-order chi connectivity index (χ1) is 4.89. The van der Waals surface area contributed by atoms with Crippen LogP contribution in [0, 0.1) is 0 Å². The average Bonchev–Trinajstić information content (AvgIpc) is 2.73. The van der Waals surface area contributed by atoms with E-state index in [4.69, 9.17) is 5.11 Å². The summed E-state index contributed by atoms with van der Waals surface area (Å²) in [4.78, 5) is 0. The molecule has 0 aliphatic carbocycles. The van der Waals surface area contributed by atoms with Gasteiger partial charge in [-0.15, -0.1) is 0 Å². The van der Waals surface area contributed by atoms with E-state index in [0.29, 0.717) is 5.75 Å². The summed E-state index contributed by atoms with van der Waals surface area (Å²) in [6.07, 6.45) is 0. The summed E-state index contributed by atoms with van der Waals surface area (Å²) in [7, 11) is 0. The van der Waals surface area contributed by atoms with E-state index in [2.05, 4.69) is 4.74 Å². The molecule has 0 bridgehead atoms. The van der Waals surface area contributed by atoms with E-state index in [0.717, 1.165) is 13.2 Å². The van der Waals surface area contributed by atoms with Crippen molar-refractivity contribution in [2.24, 2.45) is 0 Å². The van der Waals surface area contributed by atoms with Crippen molar-refractivity contribution in [1.29, 1.82) is 0 Å². The molecular weight excluding hydrogens is 140 g/mol. The van der Waals surface area contributed by atoms with Gasteiger partial charge in [0.1, 0.15) is 5.75 Å². The molecule has 0 spiro atoms. The number of hydrogen-bond donors (Lipinski definition) is 1. The smallest absolute Gasteiger partial charge is 0.115 e. The van der Waals surface area contributed by atoms with Gasteiger partial charge in [-0.2, -0.15) is 0 Å². The average molecular weight is 154 g/mol. The van der Waals surface area contributed by atoms with Gasteiger partial charge in [-0.25, -0.2) is 0 Å². The lowest BCUT2D eigenvalue weighted by molar-refractivity contribution is 0.475. The van der Waals surface area contributed by atoms with Crippen molar-refractivity contribution < 1.29 is 9.84 Å². The number of phenolic OH excluding ortho intramolecular Hbond substituents is 1. The van der Waals surface area contributed by atoms with Crippen LogP contribution >= 0.6 is 0 Å². The van der Waals surface area contributed by atoms with Crippen molar-refractivity contribution in [3.63, 3.8) is 0 Å². The van der Waals surface area contributed by atoms with Gasteiger partial charge >= 0.3 is 0 Å². The van der Waals surface area contributed by atoms with E-state index in [9.17, 15) is 0 Å². The molecule has 2 rings (SSSR count). The standard InChI is InChI=1S/C6H6O.C2H4O.CH4/c7-6-4-2-1-3-5-6;1-2-3-1;/h1-5,7H;1-2H2;1H4. The van der Waals surface area contributed by atoms with Crippen LogP contribution in [-0.2, 0) is 4.74 Å². The van der Waals surface area contributed by atoms with Crippen LogP contribution in [0.3, 0.4) is 0 Å². The lowest BCUT2D eigenvalue weighted by Gasteiger charge is -1.82. The van der Waals surface area contributed by atoms with E-state index in [1.807, 2.05) is 6.07 Å². The monoisotopic (exact) mass is 154 g/mol. The molecule has 1 fully saturated rings. The lowest BCUT2D eigenvalue weighted by Crippen LogP contribution is -1.56. The number of phenols is 1.